The van der Waals surface area contributed by atoms with E-state index in [1.54, 1.807) is 12.4 Å². The second-order valence-corrected chi connectivity index (χ2v) is 8.16. The van der Waals surface area contributed by atoms with Gasteiger partial charge in [-0.15, -0.1) is 0 Å². The van der Waals surface area contributed by atoms with E-state index in [0.717, 1.165) is 17.4 Å². The highest BCUT2D eigenvalue weighted by atomic mass is 32.2. The molecule has 0 radical (unpaired) electrons. The molecule has 2 atom stereocenters. The third-order valence-electron chi connectivity index (χ3n) is 4.25. The number of likely N-dealkylation sites (tertiary alicyclic amines) is 1. The molecule has 1 saturated heterocycles. The largest absolute Gasteiger partial charge is 0.445 e. The lowest BCUT2D eigenvalue weighted by molar-refractivity contribution is 0.0938. The van der Waals surface area contributed by atoms with Crippen LogP contribution in [0.5, 0.6) is 0 Å². The van der Waals surface area contributed by atoms with Crippen LogP contribution in [0.25, 0.3) is 6.08 Å². The lowest BCUT2D eigenvalue weighted by Gasteiger charge is -2.21. The minimum absolute atomic E-state index is 0.142. The fourth-order valence-electron chi connectivity index (χ4n) is 3.03. The van der Waals surface area contributed by atoms with E-state index in [-0.39, 0.29) is 19.2 Å². The molecule has 2 aromatic rings. The van der Waals surface area contributed by atoms with Crippen molar-refractivity contribution < 1.29 is 22.1 Å². The van der Waals surface area contributed by atoms with E-state index >= 15 is 0 Å². The summed E-state index contributed by atoms with van der Waals surface area (Å²) in [4.78, 5) is 18.1. The average Bonchev–Trinajstić information content (AvgIpc) is 3.07. The third kappa shape index (κ3) is 5.90. The van der Waals surface area contributed by atoms with E-state index in [0.29, 0.717) is 6.42 Å². The van der Waals surface area contributed by atoms with Crippen LogP contribution in [0, 0.1) is 0 Å². The number of nitrogens with zero attached hydrogens (tertiary/aromatic N) is 2. The molecule has 28 heavy (non-hydrogen) atoms. The number of aromatic nitrogens is 1. The fraction of sp³-hybridized carbons (Fsp3) is 0.300. The third-order valence-corrected chi connectivity index (χ3v) is 4.87. The van der Waals surface area contributed by atoms with Gasteiger partial charge in [-0.3, -0.25) is 14.1 Å². The van der Waals surface area contributed by atoms with Gasteiger partial charge in [0.15, 0.2) is 0 Å². The highest BCUT2D eigenvalue weighted by Gasteiger charge is 2.37. The van der Waals surface area contributed by atoms with E-state index in [1.165, 1.54) is 4.90 Å². The Morgan fingerprint density at radius 2 is 2.04 bits per heavy atom. The van der Waals surface area contributed by atoms with Crippen LogP contribution in [0.1, 0.15) is 17.5 Å². The number of pyridine rings is 1. The second kappa shape index (κ2) is 8.99. The predicted octanol–water partition coefficient (Wildman–Crippen LogP) is 2.85. The summed E-state index contributed by atoms with van der Waals surface area (Å²) in [6.07, 6.45) is 7.31. The molecule has 0 unspecified atom stereocenters. The smallest absolute Gasteiger partial charge is 0.410 e. The summed E-state index contributed by atoms with van der Waals surface area (Å²) < 4.78 is 33.5. The molecular formula is C20H22N2O5S. The summed E-state index contributed by atoms with van der Waals surface area (Å²) in [5, 5.41) is 0. The fourth-order valence-corrected chi connectivity index (χ4v) is 3.67. The van der Waals surface area contributed by atoms with Crippen LogP contribution < -0.4 is 0 Å². The summed E-state index contributed by atoms with van der Waals surface area (Å²) in [6.45, 7) is 0.287. The maximum atomic E-state index is 12.6. The van der Waals surface area contributed by atoms with Crippen molar-refractivity contribution >= 4 is 22.3 Å². The van der Waals surface area contributed by atoms with Gasteiger partial charge >= 0.3 is 6.09 Å². The molecule has 148 valence electrons. The first kappa shape index (κ1) is 20.0. The van der Waals surface area contributed by atoms with E-state index in [2.05, 4.69) is 4.98 Å². The molecule has 3 rings (SSSR count). The Morgan fingerprint density at radius 1 is 1.25 bits per heavy atom. The molecule has 0 aliphatic carbocycles. The molecule has 8 heteroatoms. The van der Waals surface area contributed by atoms with Crippen molar-refractivity contribution in [3.8, 4) is 0 Å². The number of benzene rings is 1. The highest BCUT2D eigenvalue weighted by molar-refractivity contribution is 7.86. The molecule has 1 aliphatic heterocycles. The first-order valence-electron chi connectivity index (χ1n) is 8.84. The van der Waals surface area contributed by atoms with Crippen molar-refractivity contribution in [1.82, 2.24) is 9.88 Å². The summed E-state index contributed by atoms with van der Waals surface area (Å²) in [5.74, 6) is 0. The van der Waals surface area contributed by atoms with Crippen LogP contribution in [0.4, 0.5) is 4.79 Å². The molecule has 0 spiro atoms. The van der Waals surface area contributed by atoms with Crippen LogP contribution in [0.2, 0.25) is 0 Å². The Bertz CT molecular complexity index is 916. The molecule has 7 nitrogen and oxygen atoms in total. The molecular weight excluding hydrogens is 380 g/mol. The first-order valence-corrected chi connectivity index (χ1v) is 10.7. The molecule has 1 aromatic heterocycles. The molecule has 1 amide bonds. The van der Waals surface area contributed by atoms with Gasteiger partial charge in [-0.05, 0) is 17.2 Å². The maximum Gasteiger partial charge on any atom is 0.410 e. The normalized spacial score (nSPS) is 19.8. The average molecular weight is 402 g/mol. The van der Waals surface area contributed by atoms with Crippen LogP contribution in [0.15, 0.2) is 60.9 Å². The zero-order valence-electron chi connectivity index (χ0n) is 15.5. The Labute approximate surface area is 164 Å². The number of ether oxygens (including phenoxy) is 1. The number of hydrogen-bond donors (Lipinski definition) is 0. The van der Waals surface area contributed by atoms with Crippen molar-refractivity contribution in [2.45, 2.75) is 25.2 Å². The number of rotatable bonds is 6. The SMILES string of the molecule is CS(=O)(=O)O[C@@H]1C[C@@H](/C=C\c2cccnc2)N(C(=O)OCc2ccccc2)C1. The van der Waals surface area contributed by atoms with Gasteiger partial charge in [0.25, 0.3) is 10.1 Å². The molecule has 1 fully saturated rings. The van der Waals surface area contributed by atoms with Crippen LogP contribution in [-0.4, -0.2) is 49.3 Å². The molecule has 0 saturated carbocycles. The van der Waals surface area contributed by atoms with Gasteiger partial charge in [0.05, 0.1) is 24.9 Å². The molecule has 2 heterocycles. The second-order valence-electron chi connectivity index (χ2n) is 6.56. The van der Waals surface area contributed by atoms with Gasteiger partial charge in [0, 0.05) is 18.8 Å². The maximum absolute atomic E-state index is 12.6. The summed E-state index contributed by atoms with van der Waals surface area (Å²) >= 11 is 0. The standard InChI is InChI=1S/C20H22N2O5S/c1-28(24,25)27-19-12-18(10-9-16-8-5-11-21-13-16)22(14-19)20(23)26-15-17-6-3-2-4-7-17/h2-11,13,18-19H,12,14-15H2,1H3/b10-9-/t18-,19-/m1/s1. The zero-order valence-corrected chi connectivity index (χ0v) is 16.3. The van der Waals surface area contributed by atoms with E-state index in [9.17, 15) is 13.2 Å². The van der Waals surface area contributed by atoms with E-state index in [1.807, 2.05) is 54.6 Å². The Hall–Kier alpha value is -2.71. The molecule has 0 N–H and O–H groups in total. The number of hydrogen-bond acceptors (Lipinski definition) is 6. The van der Waals surface area contributed by atoms with Gasteiger partial charge in [0.1, 0.15) is 6.61 Å². The van der Waals surface area contributed by atoms with Crippen molar-refractivity contribution in [3.63, 3.8) is 0 Å². The first-order chi connectivity index (χ1) is 13.4. The van der Waals surface area contributed by atoms with Crippen molar-refractivity contribution in [2.75, 3.05) is 12.8 Å². The van der Waals surface area contributed by atoms with Gasteiger partial charge in [-0.1, -0.05) is 48.6 Å². The summed E-state index contributed by atoms with van der Waals surface area (Å²) in [7, 11) is -3.62. The summed E-state index contributed by atoms with van der Waals surface area (Å²) in [5.41, 5.74) is 1.76. The lowest BCUT2D eigenvalue weighted by Crippen LogP contribution is -2.35. The van der Waals surface area contributed by atoms with Gasteiger partial charge < -0.3 is 4.74 Å². The van der Waals surface area contributed by atoms with E-state index < -0.39 is 22.3 Å². The monoisotopic (exact) mass is 402 g/mol. The molecule has 1 aromatic carbocycles. The minimum atomic E-state index is -3.62. The molecule has 1 aliphatic rings. The van der Waals surface area contributed by atoms with E-state index in [4.69, 9.17) is 8.92 Å². The van der Waals surface area contributed by atoms with Gasteiger partial charge in [0.2, 0.25) is 0 Å². The predicted molar refractivity (Wildman–Crippen MR) is 105 cm³/mol. The number of amides is 1. The Balaban J connectivity index is 1.70. The quantitative estimate of drug-likeness (QED) is 0.691. The topological polar surface area (TPSA) is 85.8 Å². The number of carbonyl (C=O) groups is 1. The van der Waals surface area contributed by atoms with Crippen molar-refractivity contribution in [2.24, 2.45) is 0 Å². The Morgan fingerprint density at radius 3 is 2.71 bits per heavy atom. The van der Waals surface area contributed by atoms with Crippen molar-refractivity contribution in [1.29, 1.82) is 0 Å². The van der Waals surface area contributed by atoms with Gasteiger partial charge in [-0.25, -0.2) is 4.79 Å². The zero-order chi connectivity index (χ0) is 20.0. The number of carbonyl (C=O) groups excluding carboxylic acids is 1. The van der Waals surface area contributed by atoms with Crippen LogP contribution in [-0.2, 0) is 25.6 Å². The summed E-state index contributed by atoms with van der Waals surface area (Å²) in [6, 6.07) is 12.7. The van der Waals surface area contributed by atoms with Crippen LogP contribution in [0.3, 0.4) is 0 Å². The Kier molecular flexibility index (Phi) is 6.43. The van der Waals surface area contributed by atoms with Crippen molar-refractivity contribution in [3.05, 3.63) is 72.1 Å². The minimum Gasteiger partial charge on any atom is -0.445 e. The lowest BCUT2D eigenvalue weighted by atomic mass is 10.1. The van der Waals surface area contributed by atoms with Gasteiger partial charge in [-0.2, -0.15) is 8.42 Å². The van der Waals surface area contributed by atoms with Crippen LogP contribution >= 0.6 is 0 Å². The highest BCUT2D eigenvalue weighted by Crippen LogP contribution is 2.24. The molecule has 0 bridgehead atoms.